The molecule has 3 aromatic carbocycles. The Morgan fingerprint density at radius 2 is 1.11 bits per heavy atom. The van der Waals surface area contributed by atoms with Crippen LogP contribution >= 0.6 is 15.9 Å². The first-order valence-electron chi connectivity index (χ1n) is 22.4. The van der Waals surface area contributed by atoms with Crippen LogP contribution in [-0.4, -0.2) is 127 Å². The van der Waals surface area contributed by atoms with Gasteiger partial charge in [0, 0.05) is 87.0 Å². The lowest BCUT2D eigenvalue weighted by molar-refractivity contribution is 0.0505. The van der Waals surface area contributed by atoms with Crippen LogP contribution in [0.3, 0.4) is 0 Å². The molecule has 14 nitrogen and oxygen atoms in total. The highest BCUT2D eigenvalue weighted by molar-refractivity contribution is 9.10. The monoisotopic (exact) mass is 960 g/mol. The summed E-state index contributed by atoms with van der Waals surface area (Å²) in [5, 5.41) is 28.2. The molecule has 338 valence electrons. The number of likely N-dealkylation sites (tertiary alicyclic amines) is 2. The van der Waals surface area contributed by atoms with E-state index in [-0.39, 0.29) is 28.3 Å². The summed E-state index contributed by atoms with van der Waals surface area (Å²) in [6.45, 7) is 5.65. The van der Waals surface area contributed by atoms with Crippen LogP contribution < -0.4 is 9.47 Å². The summed E-state index contributed by atoms with van der Waals surface area (Å²) < 4.78 is 41.1. The molecule has 2 saturated carbocycles. The first-order valence-corrected chi connectivity index (χ1v) is 25.1. The maximum atomic E-state index is 12.0. The predicted molar refractivity (Wildman–Crippen MR) is 252 cm³/mol. The van der Waals surface area contributed by atoms with Crippen LogP contribution in [0.25, 0.3) is 44.7 Å². The van der Waals surface area contributed by atoms with Crippen molar-refractivity contribution in [1.82, 2.24) is 39.0 Å². The molecule has 2 saturated heterocycles. The maximum absolute atomic E-state index is 12.0. The molecule has 16 heteroatoms. The van der Waals surface area contributed by atoms with E-state index in [1.807, 2.05) is 67.3 Å². The fourth-order valence-electron chi connectivity index (χ4n) is 8.88. The van der Waals surface area contributed by atoms with Crippen molar-refractivity contribution in [2.75, 3.05) is 45.5 Å². The molecule has 65 heavy (non-hydrogen) atoms. The molecule has 4 fully saturated rings. The molecule has 4 aromatic heterocycles. The first kappa shape index (κ1) is 43.7. The van der Waals surface area contributed by atoms with Crippen LogP contribution in [0, 0.1) is 0 Å². The fourth-order valence-corrected chi connectivity index (χ4v) is 9.92. The average Bonchev–Trinajstić information content (AvgIpc) is 4.17. The SMILES string of the molecule is CS(=O)(=O)c1cccc(-c2cnn3cc(-c4ccc(OC5(CN6CCC(O)CC6)CC5)cc4)cnc23)c1.OC1CCN(CC2(Oc3ccc(-c4cnc5c(Br)cnn5c4)cc3)CC2)CC1. The summed E-state index contributed by atoms with van der Waals surface area (Å²) in [4.78, 5) is 14.2. The third-order valence-corrected chi connectivity index (χ3v) is 14.7. The van der Waals surface area contributed by atoms with E-state index < -0.39 is 9.84 Å². The number of aliphatic hydroxyl groups excluding tert-OH is 2. The number of hydrogen-bond acceptors (Lipinski definition) is 12. The Kier molecular flexibility index (Phi) is 12.0. The number of benzene rings is 3. The van der Waals surface area contributed by atoms with Crippen LogP contribution in [0.5, 0.6) is 11.5 Å². The summed E-state index contributed by atoms with van der Waals surface area (Å²) >= 11 is 3.45. The molecule has 0 radical (unpaired) electrons. The number of aromatic nitrogens is 6. The van der Waals surface area contributed by atoms with Gasteiger partial charge < -0.3 is 19.7 Å². The number of fused-ring (bicyclic) bond motifs is 2. The summed E-state index contributed by atoms with van der Waals surface area (Å²) in [5.41, 5.74) is 6.88. The van der Waals surface area contributed by atoms with Gasteiger partial charge >= 0.3 is 0 Å². The molecule has 6 heterocycles. The second-order valence-electron chi connectivity index (χ2n) is 18.2. The fraction of sp³-hybridized carbons (Fsp3) is 0.388. The zero-order valence-electron chi connectivity index (χ0n) is 36.3. The molecule has 11 rings (SSSR count). The van der Waals surface area contributed by atoms with Gasteiger partial charge in [-0.05, 0) is 120 Å². The van der Waals surface area contributed by atoms with E-state index in [0.717, 1.165) is 146 Å². The third-order valence-electron chi connectivity index (χ3n) is 13.0. The van der Waals surface area contributed by atoms with E-state index in [1.54, 1.807) is 39.6 Å². The van der Waals surface area contributed by atoms with Crippen molar-refractivity contribution in [3.8, 4) is 44.9 Å². The summed E-state index contributed by atoms with van der Waals surface area (Å²) in [6, 6.07) is 23.1. The largest absolute Gasteiger partial charge is 0.486 e. The number of sulfone groups is 1. The molecule has 7 aromatic rings. The van der Waals surface area contributed by atoms with Crippen molar-refractivity contribution in [2.45, 2.75) is 79.7 Å². The van der Waals surface area contributed by atoms with Crippen molar-refractivity contribution in [3.05, 3.63) is 114 Å². The average molecular weight is 962 g/mol. The smallest absolute Gasteiger partial charge is 0.175 e. The van der Waals surface area contributed by atoms with E-state index >= 15 is 0 Å². The minimum absolute atomic E-state index is 0.0500. The zero-order valence-corrected chi connectivity index (χ0v) is 38.7. The Morgan fingerprint density at radius 3 is 1.60 bits per heavy atom. The molecule has 0 atom stereocenters. The van der Waals surface area contributed by atoms with Crippen LogP contribution in [0.2, 0.25) is 0 Å². The molecular formula is C49H53BrN8O6S. The lowest BCUT2D eigenvalue weighted by Gasteiger charge is -2.32. The van der Waals surface area contributed by atoms with Gasteiger partial charge in [0.1, 0.15) is 22.7 Å². The van der Waals surface area contributed by atoms with Crippen molar-refractivity contribution >= 4 is 37.1 Å². The Hall–Kier alpha value is -5.23. The highest BCUT2D eigenvalue weighted by Crippen LogP contribution is 2.43. The van der Waals surface area contributed by atoms with E-state index in [1.165, 1.54) is 6.26 Å². The number of piperidine rings is 2. The van der Waals surface area contributed by atoms with Crippen LogP contribution in [-0.2, 0) is 9.84 Å². The van der Waals surface area contributed by atoms with E-state index in [4.69, 9.17) is 9.47 Å². The number of halogens is 1. The standard InChI is InChI=1S/C28H30N4O4S.C21H23BrN4O2/c1-37(34,35)25-4-2-3-21(15-25)26-17-30-32-18-22(16-29-27(26)32)20-5-7-24(8-6-20)36-28(11-12-28)19-31-13-9-23(33)10-14-31;22-19-12-24-26-13-16(11-23-20(19)26)15-1-3-18(4-2-15)28-21(7-8-21)14-25-9-5-17(27)6-10-25/h2-8,15-18,23,33H,9-14,19H2,1H3;1-4,11-13,17,27H,5-10,14H2. The van der Waals surface area contributed by atoms with Crippen molar-refractivity contribution in [2.24, 2.45) is 0 Å². The molecular weight excluding hydrogens is 909 g/mol. The molecule has 0 amide bonds. The van der Waals surface area contributed by atoms with E-state index in [9.17, 15) is 18.6 Å². The van der Waals surface area contributed by atoms with E-state index in [2.05, 4.69) is 58.0 Å². The molecule has 2 N–H and O–H groups in total. The zero-order chi connectivity index (χ0) is 44.8. The molecule has 4 aliphatic rings. The Balaban J connectivity index is 0.000000159. The van der Waals surface area contributed by atoms with Gasteiger partial charge in [0.05, 0.1) is 34.0 Å². The molecule has 0 spiro atoms. The normalized spacial score (nSPS) is 18.9. The maximum Gasteiger partial charge on any atom is 0.175 e. The third kappa shape index (κ3) is 10.1. The first-order chi connectivity index (χ1) is 31.4. The highest BCUT2D eigenvalue weighted by atomic mass is 79.9. The second-order valence-corrected chi connectivity index (χ2v) is 21.1. The molecule has 0 bridgehead atoms. The minimum Gasteiger partial charge on any atom is -0.486 e. The van der Waals surface area contributed by atoms with Crippen molar-refractivity contribution in [1.29, 1.82) is 0 Å². The van der Waals surface area contributed by atoms with Gasteiger partial charge in [-0.25, -0.2) is 27.4 Å². The number of nitrogens with zero attached hydrogens (tertiary/aromatic N) is 8. The van der Waals surface area contributed by atoms with Crippen molar-refractivity contribution in [3.63, 3.8) is 0 Å². The van der Waals surface area contributed by atoms with Crippen molar-refractivity contribution < 1.29 is 28.1 Å². The number of ether oxygens (including phenoxy) is 2. The predicted octanol–water partition coefficient (Wildman–Crippen LogP) is 7.36. The minimum atomic E-state index is -3.30. The van der Waals surface area contributed by atoms with Gasteiger partial charge in [-0.3, -0.25) is 9.80 Å². The van der Waals surface area contributed by atoms with Gasteiger partial charge in [0.25, 0.3) is 0 Å². The van der Waals surface area contributed by atoms with E-state index in [0.29, 0.717) is 5.65 Å². The molecule has 0 unspecified atom stereocenters. The van der Waals surface area contributed by atoms with Gasteiger partial charge in [-0.15, -0.1) is 0 Å². The number of rotatable bonds is 12. The van der Waals surface area contributed by atoms with Gasteiger partial charge in [-0.1, -0.05) is 36.4 Å². The summed E-state index contributed by atoms with van der Waals surface area (Å²) in [6.07, 6.45) is 19.7. The van der Waals surface area contributed by atoms with Gasteiger partial charge in [0.2, 0.25) is 0 Å². The van der Waals surface area contributed by atoms with Gasteiger partial charge in [0.15, 0.2) is 21.1 Å². The Morgan fingerprint density at radius 1 is 0.631 bits per heavy atom. The lowest BCUT2D eigenvalue weighted by Crippen LogP contribution is -2.43. The number of hydrogen-bond donors (Lipinski definition) is 2. The number of aliphatic hydroxyl groups is 2. The van der Waals surface area contributed by atoms with Crippen LogP contribution in [0.1, 0.15) is 51.4 Å². The Bertz CT molecular complexity index is 2900. The van der Waals surface area contributed by atoms with Gasteiger partial charge in [-0.2, -0.15) is 10.2 Å². The quantitative estimate of drug-likeness (QED) is 0.126. The van der Waals surface area contributed by atoms with Crippen LogP contribution in [0.4, 0.5) is 0 Å². The summed E-state index contributed by atoms with van der Waals surface area (Å²) in [5.74, 6) is 1.77. The second kappa shape index (κ2) is 17.9. The summed E-state index contributed by atoms with van der Waals surface area (Å²) in [7, 11) is -3.30. The Labute approximate surface area is 386 Å². The topological polar surface area (TPSA) is 160 Å². The lowest BCUT2D eigenvalue weighted by atomic mass is 10.1. The molecule has 2 aliphatic heterocycles. The molecule has 2 aliphatic carbocycles. The highest BCUT2D eigenvalue weighted by Gasteiger charge is 2.48. The van der Waals surface area contributed by atoms with Crippen LogP contribution in [0.15, 0.2) is 119 Å².